The van der Waals surface area contributed by atoms with E-state index < -0.39 is 5.97 Å². The minimum Gasteiger partial charge on any atom is -0.478 e. The Labute approximate surface area is 91.9 Å². The van der Waals surface area contributed by atoms with Crippen molar-refractivity contribution in [2.24, 2.45) is 0 Å². The van der Waals surface area contributed by atoms with Crippen LogP contribution in [0.15, 0.2) is 18.2 Å². The van der Waals surface area contributed by atoms with Gasteiger partial charge in [-0.1, -0.05) is 39.3 Å². The molecule has 2 nitrogen and oxygen atoms in total. The number of carboxylic acid groups (broad SMARTS) is 1. The molecule has 0 aliphatic heterocycles. The first-order valence-corrected chi connectivity index (χ1v) is 5.48. The predicted octanol–water partition coefficient (Wildman–Crippen LogP) is 3.67. The molecule has 1 N–H and O–H groups in total. The van der Waals surface area contributed by atoms with Gasteiger partial charge in [0.15, 0.2) is 0 Å². The van der Waals surface area contributed by atoms with Crippen molar-refractivity contribution in [1.82, 2.24) is 0 Å². The Bertz CT molecular complexity index is 316. The van der Waals surface area contributed by atoms with Crippen molar-refractivity contribution in [2.45, 2.75) is 40.5 Å². The summed E-state index contributed by atoms with van der Waals surface area (Å²) in [5, 5.41) is 8.92. The zero-order valence-electron chi connectivity index (χ0n) is 10.0. The minimum absolute atomic E-state index is 0.446. The molecule has 15 heavy (non-hydrogen) atoms. The van der Waals surface area contributed by atoms with Gasteiger partial charge in [0.2, 0.25) is 0 Å². The highest BCUT2D eigenvalue weighted by Gasteiger charge is 2.10. The van der Waals surface area contributed by atoms with Crippen LogP contribution in [0.25, 0.3) is 0 Å². The van der Waals surface area contributed by atoms with Crippen molar-refractivity contribution in [3.8, 4) is 0 Å². The SMILES string of the molecule is CC.CCCc1c(C)cccc1C(=O)O. The Morgan fingerprint density at radius 1 is 1.33 bits per heavy atom. The molecule has 0 saturated heterocycles. The van der Waals surface area contributed by atoms with Gasteiger partial charge in [-0.25, -0.2) is 4.79 Å². The summed E-state index contributed by atoms with van der Waals surface area (Å²) < 4.78 is 0. The lowest BCUT2D eigenvalue weighted by molar-refractivity contribution is 0.0695. The van der Waals surface area contributed by atoms with Crippen molar-refractivity contribution >= 4 is 5.97 Å². The molecule has 0 atom stereocenters. The first-order chi connectivity index (χ1) is 7.16. The Kier molecular flexibility index (Phi) is 6.43. The monoisotopic (exact) mass is 208 g/mol. The third kappa shape index (κ3) is 3.74. The van der Waals surface area contributed by atoms with Crippen LogP contribution in [0.4, 0.5) is 0 Å². The smallest absolute Gasteiger partial charge is 0.335 e. The molecule has 0 fully saturated rings. The highest BCUT2D eigenvalue weighted by Crippen LogP contribution is 2.16. The standard InChI is InChI=1S/C11H14O2.C2H6/c1-3-5-9-8(2)6-4-7-10(9)11(12)13;1-2/h4,6-7H,3,5H2,1-2H3,(H,12,13);1-2H3. The van der Waals surface area contributed by atoms with Crippen molar-refractivity contribution in [3.63, 3.8) is 0 Å². The quantitative estimate of drug-likeness (QED) is 0.822. The molecule has 1 aromatic carbocycles. The zero-order chi connectivity index (χ0) is 11.8. The Hall–Kier alpha value is -1.31. The van der Waals surface area contributed by atoms with Crippen LogP contribution in [-0.4, -0.2) is 11.1 Å². The van der Waals surface area contributed by atoms with Crippen molar-refractivity contribution in [1.29, 1.82) is 0 Å². The summed E-state index contributed by atoms with van der Waals surface area (Å²) in [5.41, 5.74) is 2.49. The van der Waals surface area contributed by atoms with Crippen LogP contribution in [0.1, 0.15) is 48.7 Å². The average molecular weight is 208 g/mol. The number of rotatable bonds is 3. The maximum Gasteiger partial charge on any atom is 0.335 e. The Morgan fingerprint density at radius 2 is 1.93 bits per heavy atom. The number of aryl methyl sites for hydroxylation is 1. The van der Waals surface area contributed by atoms with Crippen molar-refractivity contribution in [2.75, 3.05) is 0 Å². The van der Waals surface area contributed by atoms with E-state index in [1.54, 1.807) is 12.1 Å². The van der Waals surface area contributed by atoms with Gasteiger partial charge in [-0.15, -0.1) is 0 Å². The van der Waals surface area contributed by atoms with Gasteiger partial charge < -0.3 is 5.11 Å². The van der Waals surface area contributed by atoms with E-state index in [4.69, 9.17) is 5.11 Å². The number of hydrogen-bond donors (Lipinski definition) is 1. The molecule has 0 heterocycles. The molecule has 1 aromatic rings. The number of carboxylic acids is 1. The topological polar surface area (TPSA) is 37.3 Å². The lowest BCUT2D eigenvalue weighted by Gasteiger charge is -2.07. The fraction of sp³-hybridized carbons (Fsp3) is 0.462. The van der Waals surface area contributed by atoms with Gasteiger partial charge in [0.1, 0.15) is 0 Å². The van der Waals surface area contributed by atoms with E-state index in [-0.39, 0.29) is 0 Å². The van der Waals surface area contributed by atoms with Gasteiger partial charge in [0.25, 0.3) is 0 Å². The van der Waals surface area contributed by atoms with Gasteiger partial charge in [0, 0.05) is 0 Å². The van der Waals surface area contributed by atoms with Gasteiger partial charge in [-0.3, -0.25) is 0 Å². The molecule has 0 unspecified atom stereocenters. The molecular weight excluding hydrogens is 188 g/mol. The summed E-state index contributed by atoms with van der Waals surface area (Å²) in [6.45, 7) is 8.01. The average Bonchev–Trinajstić information content (AvgIpc) is 2.24. The fourth-order valence-electron chi connectivity index (χ4n) is 1.48. The third-order valence-corrected chi connectivity index (χ3v) is 2.14. The largest absolute Gasteiger partial charge is 0.478 e. The number of aromatic carboxylic acids is 1. The van der Waals surface area contributed by atoms with E-state index in [0.29, 0.717) is 5.56 Å². The lowest BCUT2D eigenvalue weighted by Crippen LogP contribution is -2.03. The fourth-order valence-corrected chi connectivity index (χ4v) is 1.48. The van der Waals surface area contributed by atoms with Crippen molar-refractivity contribution < 1.29 is 9.90 Å². The van der Waals surface area contributed by atoms with Crippen LogP contribution in [0, 0.1) is 6.92 Å². The summed E-state index contributed by atoms with van der Waals surface area (Å²) in [6.07, 6.45) is 1.82. The maximum absolute atomic E-state index is 10.8. The van der Waals surface area contributed by atoms with Gasteiger partial charge in [-0.05, 0) is 30.5 Å². The summed E-state index contributed by atoms with van der Waals surface area (Å²) in [6, 6.07) is 5.41. The first-order valence-electron chi connectivity index (χ1n) is 5.48. The number of benzene rings is 1. The minimum atomic E-state index is -0.827. The third-order valence-electron chi connectivity index (χ3n) is 2.14. The summed E-state index contributed by atoms with van der Waals surface area (Å²) >= 11 is 0. The molecule has 84 valence electrons. The molecule has 0 aliphatic rings. The molecule has 0 aliphatic carbocycles. The van der Waals surface area contributed by atoms with E-state index in [0.717, 1.165) is 24.0 Å². The lowest BCUT2D eigenvalue weighted by atomic mass is 9.98. The van der Waals surface area contributed by atoms with E-state index in [1.807, 2.05) is 26.8 Å². The van der Waals surface area contributed by atoms with E-state index >= 15 is 0 Å². The molecule has 0 radical (unpaired) electrons. The second-order valence-corrected chi connectivity index (χ2v) is 3.16. The first kappa shape index (κ1) is 13.7. The maximum atomic E-state index is 10.8. The highest BCUT2D eigenvalue weighted by molar-refractivity contribution is 5.89. The van der Waals surface area contributed by atoms with Crippen LogP contribution < -0.4 is 0 Å². The summed E-state index contributed by atoms with van der Waals surface area (Å²) in [5.74, 6) is -0.827. The molecule has 1 rings (SSSR count). The normalized spacial score (nSPS) is 9.07. The van der Waals surface area contributed by atoms with Crippen LogP contribution in [0.2, 0.25) is 0 Å². The van der Waals surface area contributed by atoms with Crippen molar-refractivity contribution in [3.05, 3.63) is 34.9 Å². The summed E-state index contributed by atoms with van der Waals surface area (Å²) in [4.78, 5) is 10.8. The van der Waals surface area contributed by atoms with Crippen LogP contribution in [0.5, 0.6) is 0 Å². The molecule has 2 heteroatoms. The molecular formula is C13H20O2. The zero-order valence-corrected chi connectivity index (χ0v) is 10.0. The highest BCUT2D eigenvalue weighted by atomic mass is 16.4. The van der Waals surface area contributed by atoms with Crippen LogP contribution in [0.3, 0.4) is 0 Å². The van der Waals surface area contributed by atoms with Crippen LogP contribution in [-0.2, 0) is 6.42 Å². The van der Waals surface area contributed by atoms with E-state index in [2.05, 4.69) is 6.92 Å². The van der Waals surface area contributed by atoms with Crippen LogP contribution >= 0.6 is 0 Å². The summed E-state index contributed by atoms with van der Waals surface area (Å²) in [7, 11) is 0. The predicted molar refractivity (Wildman–Crippen MR) is 63.5 cm³/mol. The number of hydrogen-bond acceptors (Lipinski definition) is 1. The second kappa shape index (κ2) is 7.04. The Balaban J connectivity index is 0.000000921. The molecule has 0 amide bonds. The van der Waals surface area contributed by atoms with Gasteiger partial charge in [0.05, 0.1) is 5.56 Å². The molecule has 0 saturated carbocycles. The molecule has 0 aromatic heterocycles. The Morgan fingerprint density at radius 3 is 2.40 bits per heavy atom. The van der Waals surface area contributed by atoms with E-state index in [9.17, 15) is 4.79 Å². The number of carbonyl (C=O) groups is 1. The second-order valence-electron chi connectivity index (χ2n) is 3.16. The van der Waals surface area contributed by atoms with Gasteiger partial charge in [-0.2, -0.15) is 0 Å². The van der Waals surface area contributed by atoms with E-state index in [1.165, 1.54) is 0 Å². The molecule has 0 bridgehead atoms. The van der Waals surface area contributed by atoms with Gasteiger partial charge >= 0.3 is 5.97 Å². The molecule has 0 spiro atoms.